The summed E-state index contributed by atoms with van der Waals surface area (Å²) in [5.74, 6) is 1.68. The van der Waals surface area contributed by atoms with E-state index in [-0.39, 0.29) is 24.0 Å². The van der Waals surface area contributed by atoms with E-state index in [1.807, 2.05) is 38.2 Å². The van der Waals surface area contributed by atoms with Gasteiger partial charge in [0.05, 0.1) is 11.4 Å². The molecule has 0 spiro atoms. The molecule has 2 rings (SSSR count). The number of rotatable bonds is 9. The lowest BCUT2D eigenvalue weighted by molar-refractivity contribution is 0.601. The van der Waals surface area contributed by atoms with Gasteiger partial charge in [-0.25, -0.2) is 18.4 Å². The summed E-state index contributed by atoms with van der Waals surface area (Å²) in [6.45, 7) is 11.7. The van der Waals surface area contributed by atoms with Crippen LogP contribution < -0.4 is 15.5 Å². The maximum atomic E-state index is 11.8. The van der Waals surface area contributed by atoms with E-state index >= 15 is 0 Å². The van der Waals surface area contributed by atoms with Crippen molar-refractivity contribution < 1.29 is 8.42 Å². The molecular formula is C22H34IN5O2S. The van der Waals surface area contributed by atoms with Crippen molar-refractivity contribution in [1.29, 1.82) is 0 Å². The van der Waals surface area contributed by atoms with E-state index in [1.165, 1.54) is 6.26 Å². The minimum atomic E-state index is -3.21. The van der Waals surface area contributed by atoms with Crippen LogP contribution in [0.4, 0.5) is 5.82 Å². The zero-order valence-electron chi connectivity index (χ0n) is 19.0. The maximum absolute atomic E-state index is 11.8. The van der Waals surface area contributed by atoms with Gasteiger partial charge in [-0.2, -0.15) is 0 Å². The fourth-order valence-corrected chi connectivity index (χ4v) is 4.14. The summed E-state index contributed by atoms with van der Waals surface area (Å²) < 4.78 is 23.6. The largest absolute Gasteiger partial charge is 0.357 e. The molecule has 1 heterocycles. The summed E-state index contributed by atoms with van der Waals surface area (Å²) in [5, 5.41) is 6.54. The molecule has 0 unspecified atom stereocenters. The summed E-state index contributed by atoms with van der Waals surface area (Å²) in [7, 11) is -3.21. The second-order valence-electron chi connectivity index (χ2n) is 7.12. The van der Waals surface area contributed by atoms with Gasteiger partial charge in [0.25, 0.3) is 0 Å². The topological polar surface area (TPSA) is 86.7 Å². The van der Waals surface area contributed by atoms with Gasteiger partial charge in [0.1, 0.15) is 5.82 Å². The summed E-state index contributed by atoms with van der Waals surface area (Å²) in [4.78, 5) is 11.8. The number of pyridine rings is 1. The zero-order chi connectivity index (χ0) is 22.1. The standard InChI is InChI=1S/C22H33N5O2S.HI/c1-6-23-22(25-14-18-9-11-20(17(4)13-18)30(5,28)29)26-16-19-10-12-21(24-15-19)27(7-2)8-3;/h9-13,15H,6-8,14,16H2,1-5H3,(H2,23,25,26);1H. The minimum absolute atomic E-state index is 0. The van der Waals surface area contributed by atoms with Gasteiger partial charge in [0.15, 0.2) is 15.8 Å². The van der Waals surface area contributed by atoms with Gasteiger partial charge in [0.2, 0.25) is 0 Å². The van der Waals surface area contributed by atoms with Crippen molar-refractivity contribution in [2.24, 2.45) is 4.99 Å². The van der Waals surface area contributed by atoms with Gasteiger partial charge >= 0.3 is 0 Å². The van der Waals surface area contributed by atoms with Crippen molar-refractivity contribution in [2.45, 2.75) is 45.7 Å². The first kappa shape index (κ1) is 27.2. The van der Waals surface area contributed by atoms with Crippen LogP contribution in [0.5, 0.6) is 0 Å². The normalized spacial score (nSPS) is 11.6. The van der Waals surface area contributed by atoms with E-state index in [4.69, 9.17) is 0 Å². The van der Waals surface area contributed by atoms with Crippen LogP contribution in [0.1, 0.15) is 37.5 Å². The summed E-state index contributed by atoms with van der Waals surface area (Å²) >= 11 is 0. The third kappa shape index (κ3) is 8.29. The molecule has 7 nitrogen and oxygen atoms in total. The highest BCUT2D eigenvalue weighted by Crippen LogP contribution is 2.16. The van der Waals surface area contributed by atoms with E-state index in [0.29, 0.717) is 23.9 Å². The first-order valence-electron chi connectivity index (χ1n) is 10.3. The second-order valence-corrected chi connectivity index (χ2v) is 9.10. The number of hydrogen-bond acceptors (Lipinski definition) is 5. The van der Waals surface area contributed by atoms with E-state index < -0.39 is 9.84 Å². The smallest absolute Gasteiger partial charge is 0.191 e. The van der Waals surface area contributed by atoms with Crippen molar-refractivity contribution in [3.63, 3.8) is 0 Å². The molecule has 0 bridgehead atoms. The molecule has 172 valence electrons. The van der Waals surface area contributed by atoms with Crippen LogP contribution >= 0.6 is 24.0 Å². The van der Waals surface area contributed by atoms with E-state index in [1.54, 1.807) is 6.07 Å². The molecule has 9 heteroatoms. The third-order valence-electron chi connectivity index (χ3n) is 4.76. The quantitative estimate of drug-likeness (QED) is 0.278. The number of aryl methyl sites for hydroxylation is 1. The van der Waals surface area contributed by atoms with Crippen LogP contribution in [-0.2, 0) is 22.9 Å². The minimum Gasteiger partial charge on any atom is -0.357 e. The van der Waals surface area contributed by atoms with Crippen molar-refractivity contribution in [2.75, 3.05) is 30.8 Å². The van der Waals surface area contributed by atoms with Gasteiger partial charge in [-0.05, 0) is 56.5 Å². The fraction of sp³-hybridized carbons (Fsp3) is 0.455. The molecular weight excluding hydrogens is 525 g/mol. The number of guanidine groups is 1. The molecule has 0 aliphatic heterocycles. The first-order chi connectivity index (χ1) is 14.3. The number of anilines is 1. The Morgan fingerprint density at radius 1 is 1.06 bits per heavy atom. The van der Waals surface area contributed by atoms with Crippen LogP contribution in [0.25, 0.3) is 0 Å². The third-order valence-corrected chi connectivity index (χ3v) is 6.02. The zero-order valence-corrected chi connectivity index (χ0v) is 22.1. The lowest BCUT2D eigenvalue weighted by atomic mass is 10.1. The molecule has 2 N–H and O–H groups in total. The first-order valence-corrected chi connectivity index (χ1v) is 12.2. The van der Waals surface area contributed by atoms with E-state index in [0.717, 1.165) is 42.1 Å². The van der Waals surface area contributed by atoms with Crippen LogP contribution in [-0.4, -0.2) is 45.3 Å². The average molecular weight is 560 g/mol. The Balaban J connectivity index is 0.00000480. The number of hydrogen-bond donors (Lipinski definition) is 2. The number of sulfone groups is 1. The van der Waals surface area contributed by atoms with Crippen molar-refractivity contribution in [3.8, 4) is 0 Å². The Morgan fingerprint density at radius 2 is 1.74 bits per heavy atom. The van der Waals surface area contributed by atoms with E-state index in [9.17, 15) is 8.42 Å². The Labute approximate surface area is 203 Å². The van der Waals surface area contributed by atoms with Crippen LogP contribution in [0.2, 0.25) is 0 Å². The molecule has 0 fully saturated rings. The Morgan fingerprint density at radius 3 is 2.26 bits per heavy atom. The monoisotopic (exact) mass is 559 g/mol. The van der Waals surface area contributed by atoms with Crippen molar-refractivity contribution >= 4 is 45.6 Å². The molecule has 0 aliphatic rings. The molecule has 0 aliphatic carbocycles. The van der Waals surface area contributed by atoms with Crippen molar-refractivity contribution in [3.05, 3.63) is 53.2 Å². The predicted octanol–water partition coefficient (Wildman–Crippen LogP) is 3.51. The molecule has 0 radical (unpaired) electrons. The van der Waals surface area contributed by atoms with Crippen LogP contribution in [0.15, 0.2) is 46.4 Å². The SMILES string of the molecule is CCNC(=NCc1ccc(N(CC)CC)nc1)NCc1ccc(S(C)(=O)=O)c(C)c1.I. The van der Waals surface area contributed by atoms with E-state index in [2.05, 4.69) is 45.4 Å². The van der Waals surface area contributed by atoms with Crippen LogP contribution in [0, 0.1) is 6.92 Å². The Bertz CT molecular complexity index is 958. The fourth-order valence-electron chi connectivity index (χ4n) is 3.18. The number of aliphatic imine (C=N–C) groups is 1. The molecule has 0 amide bonds. The average Bonchev–Trinajstić information content (AvgIpc) is 2.71. The van der Waals surface area contributed by atoms with Gasteiger partial charge in [-0.15, -0.1) is 24.0 Å². The molecule has 0 saturated heterocycles. The molecule has 31 heavy (non-hydrogen) atoms. The maximum Gasteiger partial charge on any atom is 0.191 e. The van der Waals surface area contributed by atoms with Crippen LogP contribution in [0.3, 0.4) is 0 Å². The summed E-state index contributed by atoms with van der Waals surface area (Å²) in [6, 6.07) is 9.47. The lowest BCUT2D eigenvalue weighted by Gasteiger charge is -2.19. The number of halogens is 1. The molecule has 0 saturated carbocycles. The molecule has 1 aromatic heterocycles. The Hall–Kier alpha value is -1.88. The number of aromatic nitrogens is 1. The molecule has 0 atom stereocenters. The number of nitrogens with zero attached hydrogens (tertiary/aromatic N) is 3. The highest BCUT2D eigenvalue weighted by Gasteiger charge is 2.11. The number of nitrogens with one attached hydrogen (secondary N) is 2. The molecule has 1 aromatic carbocycles. The van der Waals surface area contributed by atoms with Gasteiger partial charge in [0, 0.05) is 38.6 Å². The number of benzene rings is 1. The van der Waals surface area contributed by atoms with Gasteiger partial charge in [-0.3, -0.25) is 0 Å². The Kier molecular flexibility index (Phi) is 11.3. The second kappa shape index (κ2) is 12.8. The summed E-state index contributed by atoms with van der Waals surface area (Å²) in [6.07, 6.45) is 3.10. The molecule has 2 aromatic rings. The van der Waals surface area contributed by atoms with Crippen molar-refractivity contribution in [1.82, 2.24) is 15.6 Å². The lowest BCUT2D eigenvalue weighted by Crippen LogP contribution is -2.36. The van der Waals surface area contributed by atoms with Gasteiger partial charge < -0.3 is 15.5 Å². The summed E-state index contributed by atoms with van der Waals surface area (Å²) in [5.41, 5.74) is 2.78. The highest BCUT2D eigenvalue weighted by molar-refractivity contribution is 14.0. The van der Waals surface area contributed by atoms with Gasteiger partial charge in [-0.1, -0.05) is 18.2 Å². The highest BCUT2D eigenvalue weighted by atomic mass is 127. The predicted molar refractivity (Wildman–Crippen MR) is 139 cm³/mol.